The summed E-state index contributed by atoms with van der Waals surface area (Å²) in [5.41, 5.74) is 1.14. The van der Waals surface area contributed by atoms with Gasteiger partial charge in [0.2, 0.25) is 11.9 Å². The van der Waals surface area contributed by atoms with Crippen molar-refractivity contribution in [3.63, 3.8) is 0 Å². The molecule has 0 radical (unpaired) electrons. The smallest absolute Gasteiger partial charge is 0.236 e. The zero-order chi connectivity index (χ0) is 17.6. The largest absolute Gasteiger partial charge is 0.338 e. The summed E-state index contributed by atoms with van der Waals surface area (Å²) >= 11 is 5.90. The molecule has 6 nitrogen and oxygen atoms in total. The van der Waals surface area contributed by atoms with Crippen molar-refractivity contribution in [3.8, 4) is 0 Å². The van der Waals surface area contributed by atoms with Crippen LogP contribution < -0.4 is 4.90 Å². The third-order valence-corrected chi connectivity index (χ3v) is 4.49. The lowest BCUT2D eigenvalue weighted by Crippen LogP contribution is -2.51. The van der Waals surface area contributed by atoms with Gasteiger partial charge < -0.3 is 9.80 Å². The summed E-state index contributed by atoms with van der Waals surface area (Å²) in [6.07, 6.45) is 3.48. The number of amides is 1. The highest BCUT2D eigenvalue weighted by Gasteiger charge is 2.23. The quantitative estimate of drug-likeness (QED) is 0.816. The molecule has 7 heteroatoms. The summed E-state index contributed by atoms with van der Waals surface area (Å²) in [6, 6.07) is 9.53. The molecule has 0 unspecified atom stereocenters. The third-order valence-electron chi connectivity index (χ3n) is 4.24. The summed E-state index contributed by atoms with van der Waals surface area (Å²) in [4.78, 5) is 27.1. The van der Waals surface area contributed by atoms with Crippen LogP contribution in [0.3, 0.4) is 0 Å². The van der Waals surface area contributed by atoms with Crippen LogP contribution in [0.1, 0.15) is 5.56 Å². The van der Waals surface area contributed by atoms with Crippen LogP contribution in [0.4, 0.5) is 5.95 Å². The molecule has 1 aromatic carbocycles. The maximum Gasteiger partial charge on any atom is 0.236 e. The number of aromatic nitrogens is 2. The monoisotopic (exact) mass is 359 g/mol. The summed E-state index contributed by atoms with van der Waals surface area (Å²) in [5, 5.41) is 0.725. The molecule has 1 amide bonds. The standard InChI is InChI=1S/C18H22ClN5O/c1-22(13-15-3-5-16(19)6-4-15)14-17(25)23-9-11-24(12-10-23)18-20-7-2-8-21-18/h2-8H,9-14H2,1H3. The molecular formula is C18H22ClN5O. The van der Waals surface area contributed by atoms with Crippen molar-refractivity contribution < 1.29 is 4.79 Å². The van der Waals surface area contributed by atoms with E-state index in [9.17, 15) is 4.79 Å². The van der Waals surface area contributed by atoms with E-state index in [2.05, 4.69) is 14.9 Å². The zero-order valence-corrected chi connectivity index (χ0v) is 15.1. The lowest BCUT2D eigenvalue weighted by atomic mass is 10.2. The van der Waals surface area contributed by atoms with Gasteiger partial charge >= 0.3 is 0 Å². The van der Waals surface area contributed by atoms with Crippen molar-refractivity contribution in [2.75, 3.05) is 44.7 Å². The first kappa shape index (κ1) is 17.6. The second-order valence-electron chi connectivity index (χ2n) is 6.22. The highest BCUT2D eigenvalue weighted by Crippen LogP contribution is 2.12. The van der Waals surface area contributed by atoms with E-state index in [1.807, 2.05) is 41.1 Å². The number of piperazine rings is 1. The number of benzene rings is 1. The summed E-state index contributed by atoms with van der Waals surface area (Å²) in [5.74, 6) is 0.888. The molecule has 0 bridgehead atoms. The van der Waals surface area contributed by atoms with Crippen LogP contribution in [0.25, 0.3) is 0 Å². The fourth-order valence-corrected chi connectivity index (χ4v) is 3.02. The number of hydrogen-bond donors (Lipinski definition) is 0. The first-order chi connectivity index (χ1) is 12.1. The second-order valence-corrected chi connectivity index (χ2v) is 6.65. The fourth-order valence-electron chi connectivity index (χ4n) is 2.90. The second kappa shape index (κ2) is 8.27. The topological polar surface area (TPSA) is 52.6 Å². The first-order valence-electron chi connectivity index (χ1n) is 8.34. The molecule has 1 aliphatic rings. The predicted molar refractivity (Wildman–Crippen MR) is 98.6 cm³/mol. The molecule has 132 valence electrons. The van der Waals surface area contributed by atoms with Gasteiger partial charge in [-0.15, -0.1) is 0 Å². The van der Waals surface area contributed by atoms with Crippen LogP contribution >= 0.6 is 11.6 Å². The van der Waals surface area contributed by atoms with Gasteiger partial charge in [-0.25, -0.2) is 9.97 Å². The highest BCUT2D eigenvalue weighted by molar-refractivity contribution is 6.30. The van der Waals surface area contributed by atoms with E-state index in [0.29, 0.717) is 19.6 Å². The Kier molecular flexibility index (Phi) is 5.83. The Labute approximate surface area is 153 Å². The van der Waals surface area contributed by atoms with Gasteiger partial charge in [0.1, 0.15) is 0 Å². The number of carbonyl (C=O) groups is 1. The SMILES string of the molecule is CN(CC(=O)N1CCN(c2ncccn2)CC1)Cc1ccc(Cl)cc1. The highest BCUT2D eigenvalue weighted by atomic mass is 35.5. The maximum absolute atomic E-state index is 12.5. The number of likely N-dealkylation sites (N-methyl/N-ethyl adjacent to an activating group) is 1. The third kappa shape index (κ3) is 4.90. The van der Waals surface area contributed by atoms with Crippen molar-refractivity contribution >= 4 is 23.5 Å². The van der Waals surface area contributed by atoms with Gasteiger partial charge in [0.25, 0.3) is 0 Å². The van der Waals surface area contributed by atoms with Gasteiger partial charge in [0.15, 0.2) is 0 Å². The Morgan fingerprint density at radius 2 is 1.76 bits per heavy atom. The van der Waals surface area contributed by atoms with Crippen LogP contribution in [0.15, 0.2) is 42.7 Å². The zero-order valence-electron chi connectivity index (χ0n) is 14.3. The van der Waals surface area contributed by atoms with Gasteiger partial charge in [0.05, 0.1) is 6.54 Å². The molecule has 2 aromatic rings. The molecule has 25 heavy (non-hydrogen) atoms. The summed E-state index contributed by atoms with van der Waals surface area (Å²) < 4.78 is 0. The first-order valence-corrected chi connectivity index (χ1v) is 8.72. The van der Waals surface area contributed by atoms with E-state index < -0.39 is 0 Å². The Morgan fingerprint density at radius 1 is 1.12 bits per heavy atom. The minimum absolute atomic E-state index is 0.157. The number of rotatable bonds is 5. The van der Waals surface area contributed by atoms with Crippen molar-refractivity contribution in [3.05, 3.63) is 53.3 Å². The lowest BCUT2D eigenvalue weighted by Gasteiger charge is -2.35. The van der Waals surface area contributed by atoms with Crippen molar-refractivity contribution in [2.24, 2.45) is 0 Å². The molecule has 3 rings (SSSR count). The van der Waals surface area contributed by atoms with Gasteiger partial charge in [0, 0.05) is 50.1 Å². The van der Waals surface area contributed by atoms with E-state index in [1.54, 1.807) is 18.5 Å². The summed E-state index contributed by atoms with van der Waals surface area (Å²) in [7, 11) is 1.96. The molecule has 1 aliphatic heterocycles. The molecule has 1 saturated heterocycles. The van der Waals surface area contributed by atoms with Crippen LogP contribution in [-0.4, -0.2) is 65.4 Å². The molecule has 0 N–H and O–H groups in total. The predicted octanol–water partition coefficient (Wildman–Crippen LogP) is 1.91. The Hall–Kier alpha value is -2.18. The minimum Gasteiger partial charge on any atom is -0.338 e. The van der Waals surface area contributed by atoms with E-state index in [-0.39, 0.29) is 5.91 Å². The van der Waals surface area contributed by atoms with Crippen LogP contribution in [0.5, 0.6) is 0 Å². The molecule has 0 saturated carbocycles. The Bertz CT molecular complexity index is 686. The molecule has 1 fully saturated rings. The van der Waals surface area contributed by atoms with Gasteiger partial charge in [-0.05, 0) is 30.8 Å². The van der Waals surface area contributed by atoms with E-state index in [4.69, 9.17) is 11.6 Å². The van der Waals surface area contributed by atoms with Gasteiger partial charge in [-0.3, -0.25) is 9.69 Å². The molecule has 0 aliphatic carbocycles. The molecule has 0 spiro atoms. The molecule has 0 atom stereocenters. The number of halogens is 1. The fraction of sp³-hybridized carbons (Fsp3) is 0.389. The van der Waals surface area contributed by atoms with E-state index >= 15 is 0 Å². The summed E-state index contributed by atoms with van der Waals surface area (Å²) in [6.45, 7) is 4.05. The average Bonchev–Trinajstić information content (AvgIpc) is 2.64. The maximum atomic E-state index is 12.5. The normalized spacial score (nSPS) is 14.8. The van der Waals surface area contributed by atoms with E-state index in [1.165, 1.54) is 0 Å². The van der Waals surface area contributed by atoms with Gasteiger partial charge in [-0.2, -0.15) is 0 Å². The Morgan fingerprint density at radius 3 is 2.40 bits per heavy atom. The van der Waals surface area contributed by atoms with Crippen molar-refractivity contribution in [2.45, 2.75) is 6.54 Å². The number of anilines is 1. The van der Waals surface area contributed by atoms with Gasteiger partial charge in [-0.1, -0.05) is 23.7 Å². The van der Waals surface area contributed by atoms with Crippen molar-refractivity contribution in [1.29, 1.82) is 0 Å². The Balaban J connectivity index is 1.46. The molecule has 2 heterocycles. The molecule has 1 aromatic heterocycles. The lowest BCUT2D eigenvalue weighted by molar-refractivity contribution is -0.132. The molecular weight excluding hydrogens is 338 g/mol. The number of nitrogens with zero attached hydrogens (tertiary/aromatic N) is 5. The van der Waals surface area contributed by atoms with E-state index in [0.717, 1.165) is 36.2 Å². The minimum atomic E-state index is 0.157. The van der Waals surface area contributed by atoms with Crippen LogP contribution in [0, 0.1) is 0 Å². The average molecular weight is 360 g/mol. The van der Waals surface area contributed by atoms with Crippen molar-refractivity contribution in [1.82, 2.24) is 19.8 Å². The van der Waals surface area contributed by atoms with Crippen LogP contribution in [-0.2, 0) is 11.3 Å². The number of carbonyl (C=O) groups excluding carboxylic acids is 1. The van der Waals surface area contributed by atoms with Crippen LogP contribution in [0.2, 0.25) is 5.02 Å². The number of hydrogen-bond acceptors (Lipinski definition) is 5.